The van der Waals surface area contributed by atoms with E-state index in [1.807, 2.05) is 11.3 Å². The van der Waals surface area contributed by atoms with Crippen molar-refractivity contribution in [1.29, 1.82) is 0 Å². The smallest absolute Gasteiger partial charge is 0.0775 e. The van der Waals surface area contributed by atoms with Gasteiger partial charge in [0.25, 0.3) is 0 Å². The van der Waals surface area contributed by atoms with E-state index in [-0.39, 0.29) is 0 Å². The van der Waals surface area contributed by atoms with E-state index in [1.165, 1.54) is 15.6 Å². The van der Waals surface area contributed by atoms with Crippen molar-refractivity contribution in [3.63, 3.8) is 0 Å². The Kier molecular flexibility index (Phi) is 4.61. The van der Waals surface area contributed by atoms with Gasteiger partial charge in [-0.2, -0.15) is 0 Å². The van der Waals surface area contributed by atoms with Gasteiger partial charge in [0.1, 0.15) is 0 Å². The minimum absolute atomic E-state index is 0.427. The Hall–Kier alpha value is -0.903. The van der Waals surface area contributed by atoms with Crippen LogP contribution in [0, 0.1) is 0 Å². The molecule has 0 spiro atoms. The predicted molar refractivity (Wildman–Crippen MR) is 89.0 cm³/mol. The molecule has 1 nitrogen and oxygen atoms in total. The van der Waals surface area contributed by atoms with Crippen molar-refractivity contribution in [2.24, 2.45) is 0 Å². The van der Waals surface area contributed by atoms with Crippen LogP contribution in [0.25, 0.3) is 0 Å². The molecule has 1 unspecified atom stereocenters. The third kappa shape index (κ3) is 4.03. The topological polar surface area (TPSA) is 12.0 Å². The summed E-state index contributed by atoms with van der Waals surface area (Å²) in [4.78, 5) is 1.40. The van der Waals surface area contributed by atoms with Crippen LogP contribution in [0.15, 0.2) is 41.8 Å². The number of hydrogen-bond donors (Lipinski definition) is 1. The molecule has 0 aliphatic rings. The fraction of sp³-hybridized carbons (Fsp3) is 0.375. The highest BCUT2D eigenvalue weighted by atomic mass is 32.1. The van der Waals surface area contributed by atoms with E-state index in [1.54, 1.807) is 0 Å². The molecule has 0 saturated carbocycles. The highest BCUT2D eigenvalue weighted by molar-refractivity contribution is 7.10. The molecule has 1 N–H and O–H groups in total. The third-order valence-electron chi connectivity index (χ3n) is 3.40. The molecule has 1 heterocycles. The Bertz CT molecular complexity index is 497. The molecule has 0 aliphatic carbocycles. The van der Waals surface area contributed by atoms with E-state index in [0.29, 0.717) is 6.04 Å². The minimum Gasteiger partial charge on any atom is -0.305 e. The van der Waals surface area contributed by atoms with Crippen LogP contribution in [0.5, 0.6) is 0 Å². The van der Waals surface area contributed by atoms with Crippen LogP contribution >= 0.6 is 11.3 Å². The summed E-state index contributed by atoms with van der Waals surface area (Å²) in [6, 6.07) is 13.9. The van der Waals surface area contributed by atoms with Crippen LogP contribution in [0.1, 0.15) is 23.4 Å². The third-order valence-corrected chi connectivity index (χ3v) is 6.52. The minimum atomic E-state index is -1.16. The average Bonchev–Trinajstić information content (AvgIpc) is 2.89. The van der Waals surface area contributed by atoms with E-state index >= 15 is 0 Å². The summed E-state index contributed by atoms with van der Waals surface area (Å²) in [6.07, 6.45) is 0. The number of thiophene rings is 1. The first kappa shape index (κ1) is 14.5. The van der Waals surface area contributed by atoms with Crippen LogP contribution in [0.3, 0.4) is 0 Å². The lowest BCUT2D eigenvalue weighted by Gasteiger charge is -2.17. The molecule has 19 heavy (non-hydrogen) atoms. The molecule has 0 saturated heterocycles. The zero-order chi connectivity index (χ0) is 13.9. The molecule has 3 heteroatoms. The van der Waals surface area contributed by atoms with Crippen molar-refractivity contribution >= 4 is 24.6 Å². The van der Waals surface area contributed by atoms with Crippen LogP contribution in [-0.4, -0.2) is 8.07 Å². The Labute approximate surface area is 121 Å². The molecule has 0 bridgehead atoms. The van der Waals surface area contributed by atoms with E-state index in [0.717, 1.165) is 6.54 Å². The molecule has 2 rings (SSSR count). The molecule has 0 aliphatic heterocycles. The Morgan fingerprint density at radius 2 is 1.79 bits per heavy atom. The van der Waals surface area contributed by atoms with E-state index in [2.05, 4.69) is 73.7 Å². The first-order valence-corrected chi connectivity index (χ1v) is 11.2. The largest absolute Gasteiger partial charge is 0.305 e. The van der Waals surface area contributed by atoms with Gasteiger partial charge in [-0.25, -0.2) is 0 Å². The van der Waals surface area contributed by atoms with Gasteiger partial charge in [-0.05, 0) is 23.9 Å². The quantitative estimate of drug-likeness (QED) is 0.816. The van der Waals surface area contributed by atoms with Gasteiger partial charge in [0.05, 0.1) is 8.07 Å². The number of benzene rings is 1. The van der Waals surface area contributed by atoms with Gasteiger partial charge in [-0.15, -0.1) is 11.3 Å². The van der Waals surface area contributed by atoms with Gasteiger partial charge in [0.2, 0.25) is 0 Å². The fourth-order valence-corrected chi connectivity index (χ4v) is 3.96. The van der Waals surface area contributed by atoms with Gasteiger partial charge >= 0.3 is 0 Å². The average molecular weight is 290 g/mol. The van der Waals surface area contributed by atoms with Gasteiger partial charge in [0.15, 0.2) is 0 Å². The summed E-state index contributed by atoms with van der Waals surface area (Å²) in [5.74, 6) is 0. The van der Waals surface area contributed by atoms with Crippen molar-refractivity contribution in [2.45, 2.75) is 39.2 Å². The lowest BCUT2D eigenvalue weighted by Crippen LogP contribution is -2.37. The molecule has 1 aromatic carbocycles. The Morgan fingerprint density at radius 3 is 2.32 bits per heavy atom. The first-order chi connectivity index (χ1) is 8.97. The molecular formula is C16H23NSSi. The maximum absolute atomic E-state index is 3.58. The molecule has 102 valence electrons. The molecule has 1 atom stereocenters. The summed E-state index contributed by atoms with van der Waals surface area (Å²) in [5, 5.41) is 7.25. The highest BCUT2D eigenvalue weighted by Gasteiger charge is 2.15. The first-order valence-electron chi connectivity index (χ1n) is 6.83. The van der Waals surface area contributed by atoms with Crippen molar-refractivity contribution in [3.05, 3.63) is 52.2 Å². The second-order valence-electron chi connectivity index (χ2n) is 6.06. The van der Waals surface area contributed by atoms with Crippen LogP contribution in [-0.2, 0) is 6.54 Å². The fourth-order valence-electron chi connectivity index (χ4n) is 2.03. The second-order valence-corrected chi connectivity index (χ2v) is 12.1. The van der Waals surface area contributed by atoms with Gasteiger partial charge in [-0.3, -0.25) is 0 Å². The summed E-state index contributed by atoms with van der Waals surface area (Å²) >= 11 is 1.82. The molecule has 0 fully saturated rings. The van der Waals surface area contributed by atoms with Crippen molar-refractivity contribution in [2.75, 3.05) is 0 Å². The molecule has 0 radical (unpaired) electrons. The maximum Gasteiger partial charge on any atom is 0.0775 e. The van der Waals surface area contributed by atoms with E-state index in [9.17, 15) is 0 Å². The summed E-state index contributed by atoms with van der Waals surface area (Å²) in [6.45, 7) is 10.3. The summed E-state index contributed by atoms with van der Waals surface area (Å²) < 4.78 is 0. The van der Waals surface area contributed by atoms with Crippen LogP contribution in [0.2, 0.25) is 19.6 Å². The number of hydrogen-bond acceptors (Lipinski definition) is 2. The molecular weight excluding hydrogens is 266 g/mol. The van der Waals surface area contributed by atoms with Gasteiger partial charge in [-0.1, -0.05) is 55.2 Å². The predicted octanol–water partition coefficient (Wildman–Crippen LogP) is 4.14. The Balaban J connectivity index is 1.93. The summed E-state index contributed by atoms with van der Waals surface area (Å²) in [7, 11) is -1.16. The lowest BCUT2D eigenvalue weighted by atomic mass is 10.2. The summed E-state index contributed by atoms with van der Waals surface area (Å²) in [5.41, 5.74) is 1.37. The monoisotopic (exact) mass is 289 g/mol. The van der Waals surface area contributed by atoms with Gasteiger partial charge < -0.3 is 5.32 Å². The maximum atomic E-state index is 3.58. The van der Waals surface area contributed by atoms with Crippen LogP contribution in [0.4, 0.5) is 0 Å². The SMILES string of the molecule is CC(NCc1ccc([Si](C)(C)C)cc1)c1cccs1. The van der Waals surface area contributed by atoms with Gasteiger partial charge in [0, 0.05) is 17.5 Å². The zero-order valence-corrected chi connectivity index (χ0v) is 14.1. The van der Waals surface area contributed by atoms with Crippen molar-refractivity contribution < 1.29 is 0 Å². The molecule has 2 aromatic rings. The lowest BCUT2D eigenvalue weighted by molar-refractivity contribution is 0.583. The normalized spacial score (nSPS) is 13.5. The zero-order valence-electron chi connectivity index (χ0n) is 12.2. The number of nitrogens with one attached hydrogen (secondary N) is 1. The standard InChI is InChI=1S/C16H23NSSi/c1-13(16-6-5-11-18-16)17-12-14-7-9-15(10-8-14)19(2,3)4/h5-11,13,17H,12H2,1-4H3. The molecule has 0 amide bonds. The van der Waals surface area contributed by atoms with Crippen molar-refractivity contribution in [1.82, 2.24) is 5.32 Å². The van der Waals surface area contributed by atoms with E-state index in [4.69, 9.17) is 0 Å². The highest BCUT2D eigenvalue weighted by Crippen LogP contribution is 2.18. The Morgan fingerprint density at radius 1 is 1.11 bits per heavy atom. The second kappa shape index (κ2) is 6.03. The van der Waals surface area contributed by atoms with Crippen molar-refractivity contribution in [3.8, 4) is 0 Å². The van der Waals surface area contributed by atoms with Crippen LogP contribution < -0.4 is 10.5 Å². The number of rotatable bonds is 5. The van der Waals surface area contributed by atoms with E-state index < -0.39 is 8.07 Å². The molecule has 1 aromatic heterocycles.